The van der Waals surface area contributed by atoms with E-state index in [0.29, 0.717) is 10.6 Å². The molecule has 0 heterocycles. The molecule has 0 aliphatic rings. The number of phenols is 1. The minimum absolute atomic E-state index is 0.0531. The molecule has 6 heteroatoms. The number of aliphatic imine (C=N–C) groups is 1. The van der Waals surface area contributed by atoms with Gasteiger partial charge in [0.05, 0.1) is 11.0 Å². The molecule has 0 aliphatic heterocycles. The van der Waals surface area contributed by atoms with Gasteiger partial charge in [-0.05, 0) is 30.7 Å². The van der Waals surface area contributed by atoms with Gasteiger partial charge in [-0.2, -0.15) is 0 Å². The molecule has 1 N–H and O–H groups in total. The van der Waals surface area contributed by atoms with Gasteiger partial charge in [-0.1, -0.05) is 23.7 Å². The molecule has 0 amide bonds. The minimum Gasteiger partial charge on any atom is -0.507 e. The molecule has 5 nitrogen and oxygen atoms in total. The minimum atomic E-state index is -0.517. The Hall–Kier alpha value is -2.40. The number of non-ortho nitro benzene ring substituents is 1. The molecule has 0 unspecified atom stereocenters. The second-order valence-corrected chi connectivity index (χ2v) is 4.95. The highest BCUT2D eigenvalue weighted by molar-refractivity contribution is 6.30. The molecule has 21 heavy (non-hydrogen) atoms. The molecule has 2 aromatic carbocycles. The van der Waals surface area contributed by atoms with Crippen LogP contribution in [0.25, 0.3) is 0 Å². The maximum Gasteiger partial charge on any atom is 0.270 e. The number of phenolic OH excluding ortho intramolecular Hbond substituents is 1. The Morgan fingerprint density at radius 3 is 2.76 bits per heavy atom. The van der Waals surface area contributed by atoms with Crippen LogP contribution in [0, 0.1) is 10.1 Å². The summed E-state index contributed by atoms with van der Waals surface area (Å²) in [6.07, 6.45) is 1.42. The predicted octanol–water partition coefficient (Wildman–Crippen LogP) is 4.13. The Bertz CT molecular complexity index is 701. The van der Waals surface area contributed by atoms with Gasteiger partial charge in [-0.15, -0.1) is 0 Å². The SMILES string of the molecule is C[C@@H](N=Cc1cc([N+](=O)[O-])ccc1O)c1cccc(Cl)c1. The van der Waals surface area contributed by atoms with Gasteiger partial charge in [-0.25, -0.2) is 0 Å². The van der Waals surface area contributed by atoms with Crippen LogP contribution in [-0.4, -0.2) is 16.2 Å². The number of nitrogens with zero attached hydrogens (tertiary/aromatic N) is 2. The van der Waals surface area contributed by atoms with Crippen molar-refractivity contribution >= 4 is 23.5 Å². The Balaban J connectivity index is 2.24. The van der Waals surface area contributed by atoms with Gasteiger partial charge in [0.25, 0.3) is 5.69 Å². The summed E-state index contributed by atoms with van der Waals surface area (Å²) < 4.78 is 0. The molecule has 0 aromatic heterocycles. The summed E-state index contributed by atoms with van der Waals surface area (Å²) in [7, 11) is 0. The molecule has 108 valence electrons. The Morgan fingerprint density at radius 1 is 1.33 bits per heavy atom. The van der Waals surface area contributed by atoms with E-state index in [2.05, 4.69) is 4.99 Å². The highest BCUT2D eigenvalue weighted by Crippen LogP contribution is 2.24. The topological polar surface area (TPSA) is 75.7 Å². The average molecular weight is 305 g/mol. The van der Waals surface area contributed by atoms with Crippen LogP contribution in [0.2, 0.25) is 5.02 Å². The number of nitro groups is 1. The van der Waals surface area contributed by atoms with Crippen LogP contribution in [0.5, 0.6) is 5.75 Å². The summed E-state index contributed by atoms with van der Waals surface area (Å²) in [4.78, 5) is 14.5. The van der Waals surface area contributed by atoms with E-state index in [-0.39, 0.29) is 17.5 Å². The second-order valence-electron chi connectivity index (χ2n) is 4.51. The lowest BCUT2D eigenvalue weighted by atomic mass is 10.1. The van der Waals surface area contributed by atoms with Gasteiger partial charge in [0.2, 0.25) is 0 Å². The van der Waals surface area contributed by atoms with Crippen LogP contribution >= 0.6 is 11.6 Å². The summed E-state index contributed by atoms with van der Waals surface area (Å²) in [6, 6.07) is 10.9. The Kier molecular flexibility index (Phi) is 4.55. The zero-order valence-corrected chi connectivity index (χ0v) is 12.0. The van der Waals surface area contributed by atoms with Gasteiger partial charge >= 0.3 is 0 Å². The van der Waals surface area contributed by atoms with Crippen molar-refractivity contribution in [2.24, 2.45) is 4.99 Å². The van der Waals surface area contributed by atoms with Crippen molar-refractivity contribution in [1.29, 1.82) is 0 Å². The Morgan fingerprint density at radius 2 is 2.10 bits per heavy atom. The lowest BCUT2D eigenvalue weighted by Crippen LogP contribution is -1.93. The van der Waals surface area contributed by atoms with E-state index in [1.165, 1.54) is 24.4 Å². The first-order valence-corrected chi connectivity index (χ1v) is 6.61. The van der Waals surface area contributed by atoms with E-state index in [1.807, 2.05) is 19.1 Å². The van der Waals surface area contributed by atoms with Gasteiger partial charge in [0.15, 0.2) is 0 Å². The van der Waals surface area contributed by atoms with E-state index in [0.717, 1.165) is 5.56 Å². The summed E-state index contributed by atoms with van der Waals surface area (Å²) >= 11 is 5.92. The third-order valence-electron chi connectivity index (χ3n) is 2.99. The number of aromatic hydroxyl groups is 1. The fourth-order valence-electron chi connectivity index (χ4n) is 1.80. The van der Waals surface area contributed by atoms with Crippen molar-refractivity contribution in [2.45, 2.75) is 13.0 Å². The maximum atomic E-state index is 10.7. The molecule has 0 aliphatic carbocycles. The quantitative estimate of drug-likeness (QED) is 0.524. The lowest BCUT2D eigenvalue weighted by Gasteiger charge is -2.07. The van der Waals surface area contributed by atoms with Crippen LogP contribution in [0.3, 0.4) is 0 Å². The first-order chi connectivity index (χ1) is 9.97. The van der Waals surface area contributed by atoms with Crippen LogP contribution in [0.4, 0.5) is 5.69 Å². The predicted molar refractivity (Wildman–Crippen MR) is 82.2 cm³/mol. The van der Waals surface area contributed by atoms with Crippen LogP contribution in [0.15, 0.2) is 47.5 Å². The van der Waals surface area contributed by atoms with Crippen LogP contribution in [0.1, 0.15) is 24.1 Å². The third kappa shape index (κ3) is 3.79. The molecule has 2 rings (SSSR count). The summed E-state index contributed by atoms with van der Waals surface area (Å²) in [5, 5.41) is 21.1. The van der Waals surface area contributed by atoms with Crippen LogP contribution in [-0.2, 0) is 0 Å². The van der Waals surface area contributed by atoms with E-state index in [4.69, 9.17) is 11.6 Å². The van der Waals surface area contributed by atoms with Crippen molar-refractivity contribution in [3.63, 3.8) is 0 Å². The molecule has 0 saturated carbocycles. The van der Waals surface area contributed by atoms with Crippen molar-refractivity contribution < 1.29 is 10.0 Å². The summed E-state index contributed by atoms with van der Waals surface area (Å²) in [6.45, 7) is 1.87. The smallest absolute Gasteiger partial charge is 0.270 e. The first-order valence-electron chi connectivity index (χ1n) is 6.23. The van der Waals surface area contributed by atoms with E-state index in [1.54, 1.807) is 12.1 Å². The number of halogens is 1. The normalized spacial score (nSPS) is 12.5. The molecule has 2 aromatic rings. The van der Waals surface area contributed by atoms with Crippen molar-refractivity contribution in [2.75, 3.05) is 0 Å². The fraction of sp³-hybridized carbons (Fsp3) is 0.133. The second kappa shape index (κ2) is 6.37. The molecule has 0 fully saturated rings. The zero-order chi connectivity index (χ0) is 15.4. The molecule has 0 spiro atoms. The number of nitro benzene ring substituents is 1. The largest absolute Gasteiger partial charge is 0.507 e. The fourth-order valence-corrected chi connectivity index (χ4v) is 2.00. The third-order valence-corrected chi connectivity index (χ3v) is 3.23. The molecular weight excluding hydrogens is 292 g/mol. The molecule has 0 saturated heterocycles. The molecule has 0 radical (unpaired) electrons. The monoisotopic (exact) mass is 304 g/mol. The van der Waals surface area contributed by atoms with Crippen LogP contribution < -0.4 is 0 Å². The standard InChI is InChI=1S/C15H13ClN2O3/c1-10(11-3-2-4-13(16)7-11)17-9-12-8-14(18(20)21)5-6-15(12)19/h2-10,19H,1H3/t10-/m1/s1. The van der Waals surface area contributed by atoms with Gasteiger partial charge in [0.1, 0.15) is 5.75 Å². The zero-order valence-electron chi connectivity index (χ0n) is 11.2. The molecule has 1 atom stereocenters. The number of hydrogen-bond acceptors (Lipinski definition) is 4. The van der Waals surface area contributed by atoms with Gasteiger partial charge < -0.3 is 5.11 Å². The number of hydrogen-bond donors (Lipinski definition) is 1. The first kappa shape index (κ1) is 15.0. The summed E-state index contributed by atoms with van der Waals surface area (Å²) in [5.74, 6) is -0.0531. The summed E-state index contributed by atoms with van der Waals surface area (Å²) in [5.41, 5.74) is 1.13. The highest BCUT2D eigenvalue weighted by atomic mass is 35.5. The van der Waals surface area contributed by atoms with Crippen molar-refractivity contribution in [1.82, 2.24) is 0 Å². The Labute approximate surface area is 126 Å². The maximum absolute atomic E-state index is 10.7. The van der Waals surface area contributed by atoms with Gasteiger partial charge in [0, 0.05) is 28.9 Å². The number of benzene rings is 2. The van der Waals surface area contributed by atoms with Crippen molar-refractivity contribution in [3.8, 4) is 5.75 Å². The van der Waals surface area contributed by atoms with Crippen molar-refractivity contribution in [3.05, 3.63) is 68.7 Å². The van der Waals surface area contributed by atoms with E-state index in [9.17, 15) is 15.2 Å². The van der Waals surface area contributed by atoms with E-state index < -0.39 is 4.92 Å². The van der Waals surface area contributed by atoms with Gasteiger partial charge in [-0.3, -0.25) is 15.1 Å². The average Bonchev–Trinajstić information content (AvgIpc) is 2.45. The lowest BCUT2D eigenvalue weighted by molar-refractivity contribution is -0.384. The highest BCUT2D eigenvalue weighted by Gasteiger charge is 2.09. The van der Waals surface area contributed by atoms with E-state index >= 15 is 0 Å². The molecule has 0 bridgehead atoms. The molecular formula is C15H13ClN2O3. The number of rotatable bonds is 4.